The molecule has 1 aliphatic heterocycles. The van der Waals surface area contributed by atoms with E-state index < -0.39 is 23.1 Å². The van der Waals surface area contributed by atoms with Gasteiger partial charge in [0.15, 0.2) is 0 Å². The molecule has 2 N–H and O–H groups in total. The number of piperidine rings is 1. The molecule has 98 valence electrons. The van der Waals surface area contributed by atoms with Crippen LogP contribution in [0.1, 0.15) is 19.3 Å². The van der Waals surface area contributed by atoms with Crippen LogP contribution in [0.2, 0.25) is 0 Å². The van der Waals surface area contributed by atoms with E-state index in [2.05, 4.69) is 5.32 Å². The highest BCUT2D eigenvalue weighted by molar-refractivity contribution is 7.79. The standard InChI is InChI=1S/C10H18N2O4S/c13-9(14)12(7-17(15)16)6-8-5-11-4-3-10(8)1-2-10/h8,11H,1-7H2,(H,13,14)(H,15,16)/p-1. The molecule has 2 unspecified atom stereocenters. The zero-order chi connectivity index (χ0) is 12.5. The third-order valence-electron chi connectivity index (χ3n) is 3.92. The summed E-state index contributed by atoms with van der Waals surface area (Å²) in [6, 6.07) is 0. The molecule has 0 radical (unpaired) electrons. The minimum Gasteiger partial charge on any atom is -0.771 e. The second-order valence-electron chi connectivity index (χ2n) is 4.95. The molecule has 2 atom stereocenters. The summed E-state index contributed by atoms with van der Waals surface area (Å²) in [5.74, 6) is -0.182. The Bertz CT molecular complexity index is 332. The Labute approximate surface area is 103 Å². The quantitative estimate of drug-likeness (QED) is 0.705. The summed E-state index contributed by atoms with van der Waals surface area (Å²) in [6.07, 6.45) is 2.21. The van der Waals surface area contributed by atoms with E-state index in [0.717, 1.165) is 37.3 Å². The highest BCUT2D eigenvalue weighted by atomic mass is 32.2. The number of amides is 1. The van der Waals surface area contributed by atoms with Crippen molar-refractivity contribution < 1.29 is 18.7 Å². The van der Waals surface area contributed by atoms with Crippen LogP contribution in [0.3, 0.4) is 0 Å². The van der Waals surface area contributed by atoms with E-state index >= 15 is 0 Å². The maximum atomic E-state index is 11.0. The average Bonchev–Trinajstić information content (AvgIpc) is 3.00. The summed E-state index contributed by atoms with van der Waals surface area (Å²) >= 11 is -2.35. The van der Waals surface area contributed by atoms with E-state index in [1.165, 1.54) is 0 Å². The lowest BCUT2D eigenvalue weighted by molar-refractivity contribution is 0.123. The normalized spacial score (nSPS) is 27.7. The Balaban J connectivity index is 1.96. The average molecular weight is 261 g/mol. The first-order valence-electron chi connectivity index (χ1n) is 5.78. The first-order chi connectivity index (χ1) is 8.03. The number of rotatable bonds is 4. The molecule has 1 spiro atoms. The molecule has 1 saturated carbocycles. The molecule has 7 heteroatoms. The first-order valence-corrected chi connectivity index (χ1v) is 7.02. The molecule has 0 aromatic heterocycles. The predicted octanol–water partition coefficient (Wildman–Crippen LogP) is 0.193. The molecule has 2 rings (SSSR count). The summed E-state index contributed by atoms with van der Waals surface area (Å²) in [7, 11) is 0. The largest absolute Gasteiger partial charge is 0.771 e. The predicted molar refractivity (Wildman–Crippen MR) is 61.2 cm³/mol. The molecule has 1 heterocycles. The Morgan fingerprint density at radius 1 is 1.53 bits per heavy atom. The van der Waals surface area contributed by atoms with Gasteiger partial charge >= 0.3 is 6.09 Å². The zero-order valence-electron chi connectivity index (χ0n) is 9.55. The van der Waals surface area contributed by atoms with Crippen molar-refractivity contribution in [2.75, 3.05) is 25.5 Å². The van der Waals surface area contributed by atoms with Gasteiger partial charge in [0, 0.05) is 13.1 Å². The van der Waals surface area contributed by atoms with Crippen LogP contribution in [0.5, 0.6) is 0 Å². The lowest BCUT2D eigenvalue weighted by Gasteiger charge is -2.35. The van der Waals surface area contributed by atoms with E-state index in [-0.39, 0.29) is 11.3 Å². The molecule has 0 aromatic carbocycles. The lowest BCUT2D eigenvalue weighted by atomic mass is 9.83. The van der Waals surface area contributed by atoms with Gasteiger partial charge in [-0.3, -0.25) is 9.11 Å². The van der Waals surface area contributed by atoms with Crippen molar-refractivity contribution in [3.63, 3.8) is 0 Å². The van der Waals surface area contributed by atoms with Gasteiger partial charge in [-0.2, -0.15) is 0 Å². The van der Waals surface area contributed by atoms with Gasteiger partial charge in [0.05, 0.1) is 5.88 Å². The van der Waals surface area contributed by atoms with E-state index in [9.17, 15) is 13.6 Å². The molecule has 2 aliphatic rings. The smallest absolute Gasteiger partial charge is 0.408 e. The van der Waals surface area contributed by atoms with E-state index in [4.69, 9.17) is 5.11 Å². The molecule has 0 aromatic rings. The third kappa shape index (κ3) is 2.97. The SMILES string of the molecule is O=C(O)N(CC1CNCCC12CC2)CS(=O)[O-]. The van der Waals surface area contributed by atoms with Gasteiger partial charge in [0.25, 0.3) is 0 Å². The minimum atomic E-state index is -2.35. The molecule has 1 amide bonds. The Morgan fingerprint density at radius 3 is 2.76 bits per heavy atom. The minimum absolute atomic E-state index is 0.246. The molecule has 1 saturated heterocycles. The van der Waals surface area contributed by atoms with Gasteiger partial charge in [-0.15, -0.1) is 0 Å². The van der Waals surface area contributed by atoms with Crippen LogP contribution >= 0.6 is 0 Å². The van der Waals surface area contributed by atoms with E-state index in [1.807, 2.05) is 0 Å². The summed E-state index contributed by atoms with van der Waals surface area (Å²) in [6.45, 7) is 2.09. The van der Waals surface area contributed by atoms with Crippen LogP contribution in [-0.4, -0.2) is 50.4 Å². The van der Waals surface area contributed by atoms with Crippen LogP contribution in [-0.2, 0) is 11.1 Å². The summed E-state index contributed by atoms with van der Waals surface area (Å²) in [4.78, 5) is 12.0. The van der Waals surface area contributed by atoms with Crippen LogP contribution in [0.4, 0.5) is 4.79 Å². The lowest BCUT2D eigenvalue weighted by Crippen LogP contribution is -2.46. The Morgan fingerprint density at radius 2 is 2.24 bits per heavy atom. The van der Waals surface area contributed by atoms with Crippen LogP contribution in [0, 0.1) is 11.3 Å². The second-order valence-corrected chi connectivity index (χ2v) is 5.82. The van der Waals surface area contributed by atoms with Crippen LogP contribution < -0.4 is 5.32 Å². The topological polar surface area (TPSA) is 92.7 Å². The van der Waals surface area contributed by atoms with Crippen LogP contribution in [0.15, 0.2) is 0 Å². The molecule has 6 nitrogen and oxygen atoms in total. The molecule has 2 fully saturated rings. The third-order valence-corrected chi connectivity index (χ3v) is 4.44. The number of carboxylic acid groups (broad SMARTS) is 1. The van der Waals surface area contributed by atoms with Crippen molar-refractivity contribution in [1.82, 2.24) is 10.2 Å². The molecule has 0 bridgehead atoms. The second kappa shape index (κ2) is 4.91. The maximum absolute atomic E-state index is 11.0. The highest BCUT2D eigenvalue weighted by Gasteiger charge is 2.50. The van der Waals surface area contributed by atoms with E-state index in [0.29, 0.717) is 6.54 Å². The molecular formula is C10H17N2O4S-. The van der Waals surface area contributed by atoms with Gasteiger partial charge in [-0.25, -0.2) is 4.79 Å². The number of nitrogens with zero attached hydrogens (tertiary/aromatic N) is 1. The van der Waals surface area contributed by atoms with Gasteiger partial charge in [-0.1, -0.05) is 0 Å². The van der Waals surface area contributed by atoms with Crippen molar-refractivity contribution in [2.24, 2.45) is 11.3 Å². The zero-order valence-corrected chi connectivity index (χ0v) is 10.4. The van der Waals surface area contributed by atoms with Gasteiger partial charge in [0.1, 0.15) is 0 Å². The fraction of sp³-hybridized carbons (Fsp3) is 0.900. The monoisotopic (exact) mass is 261 g/mol. The number of carbonyl (C=O) groups is 1. The highest BCUT2D eigenvalue weighted by Crippen LogP contribution is 2.55. The molecule has 1 aliphatic carbocycles. The van der Waals surface area contributed by atoms with Crippen molar-refractivity contribution in [3.8, 4) is 0 Å². The Hall–Kier alpha value is -0.660. The van der Waals surface area contributed by atoms with Gasteiger partial charge in [-0.05, 0) is 48.2 Å². The van der Waals surface area contributed by atoms with Gasteiger partial charge < -0.3 is 15.0 Å². The Kier molecular flexibility index (Phi) is 3.70. The maximum Gasteiger partial charge on any atom is 0.408 e. The number of hydrogen-bond acceptors (Lipinski definition) is 4. The molecular weight excluding hydrogens is 244 g/mol. The molecule has 17 heavy (non-hydrogen) atoms. The van der Waals surface area contributed by atoms with Gasteiger partial charge in [0.2, 0.25) is 0 Å². The first kappa shape index (κ1) is 12.8. The fourth-order valence-corrected chi connectivity index (χ4v) is 3.16. The van der Waals surface area contributed by atoms with Crippen molar-refractivity contribution >= 4 is 17.2 Å². The van der Waals surface area contributed by atoms with Crippen LogP contribution in [0.25, 0.3) is 0 Å². The summed E-state index contributed by atoms with van der Waals surface area (Å²) in [5.41, 5.74) is 0.281. The number of hydrogen-bond donors (Lipinski definition) is 2. The van der Waals surface area contributed by atoms with Crippen molar-refractivity contribution in [3.05, 3.63) is 0 Å². The summed E-state index contributed by atoms with van der Waals surface area (Å²) < 4.78 is 21.2. The number of nitrogens with one attached hydrogen (secondary N) is 1. The van der Waals surface area contributed by atoms with E-state index in [1.54, 1.807) is 0 Å². The summed E-state index contributed by atoms with van der Waals surface area (Å²) in [5, 5.41) is 12.2. The van der Waals surface area contributed by atoms with Crippen molar-refractivity contribution in [1.29, 1.82) is 0 Å². The van der Waals surface area contributed by atoms with Crippen molar-refractivity contribution in [2.45, 2.75) is 19.3 Å². The fourth-order valence-electron chi connectivity index (χ4n) is 2.69.